The van der Waals surface area contributed by atoms with Gasteiger partial charge in [-0.2, -0.15) is 8.42 Å². The van der Waals surface area contributed by atoms with Gasteiger partial charge in [0.2, 0.25) is 0 Å². The number of hydrogen-bond acceptors (Lipinski definition) is 10. The normalized spacial score (nSPS) is 18.5. The van der Waals surface area contributed by atoms with Crippen molar-refractivity contribution in [1.29, 1.82) is 0 Å². The number of carbonyl (C=O) groups is 2. The van der Waals surface area contributed by atoms with Crippen LogP contribution in [0.2, 0.25) is 0 Å². The molecule has 1 atom stereocenters. The van der Waals surface area contributed by atoms with E-state index in [1.54, 1.807) is 0 Å². The summed E-state index contributed by atoms with van der Waals surface area (Å²) < 4.78 is 41.3. The maximum Gasteiger partial charge on any atom is 0.334 e. The third kappa shape index (κ3) is 6.58. The summed E-state index contributed by atoms with van der Waals surface area (Å²) in [5.74, 6) is -0.996. The van der Waals surface area contributed by atoms with Crippen LogP contribution in [-0.2, 0) is 29.2 Å². The summed E-state index contributed by atoms with van der Waals surface area (Å²) in [7, 11) is -4.82. The van der Waals surface area contributed by atoms with Crippen LogP contribution in [0.15, 0.2) is 9.98 Å². The minimum atomic E-state index is -4.82. The SMILES string of the molecule is O=C(CC(C(=O)OC1=NCCS1)S(=O)(=O)O)OC1=NCCS1.[MgH2]. The lowest BCUT2D eigenvalue weighted by Crippen LogP contribution is -2.35. The molecule has 0 radical (unpaired) electrons. The molecule has 126 valence electrons. The molecule has 2 aliphatic rings. The van der Waals surface area contributed by atoms with Gasteiger partial charge in [0.1, 0.15) is 0 Å². The predicted octanol–water partition coefficient (Wildman–Crippen LogP) is -0.991. The van der Waals surface area contributed by atoms with Crippen molar-refractivity contribution in [3.05, 3.63) is 0 Å². The highest BCUT2D eigenvalue weighted by Gasteiger charge is 2.37. The molecule has 2 heterocycles. The van der Waals surface area contributed by atoms with Crippen LogP contribution in [0.4, 0.5) is 0 Å². The minimum Gasteiger partial charge on any atom is -0.401 e. The molecule has 1 N–H and O–H groups in total. The molecule has 0 fully saturated rings. The zero-order valence-corrected chi connectivity index (χ0v) is 13.6. The van der Waals surface area contributed by atoms with Crippen LogP contribution < -0.4 is 0 Å². The van der Waals surface area contributed by atoms with E-state index in [1.165, 1.54) is 11.8 Å². The summed E-state index contributed by atoms with van der Waals surface area (Å²) in [6, 6.07) is 0. The average molecular weight is 395 g/mol. The Bertz CT molecular complexity index is 634. The lowest BCUT2D eigenvalue weighted by atomic mass is 10.3. The van der Waals surface area contributed by atoms with E-state index in [9.17, 15) is 18.0 Å². The van der Waals surface area contributed by atoms with Gasteiger partial charge < -0.3 is 9.47 Å². The third-order valence-corrected chi connectivity index (χ3v) is 5.25. The minimum absolute atomic E-state index is 0. The number of hydrogen-bond donors (Lipinski definition) is 1. The first-order chi connectivity index (χ1) is 10.4. The molecule has 9 nitrogen and oxygen atoms in total. The number of nitrogens with zero attached hydrogens (tertiary/aromatic N) is 2. The maximum absolute atomic E-state index is 11.8. The van der Waals surface area contributed by atoms with Crippen molar-refractivity contribution in [3.8, 4) is 0 Å². The molecule has 0 spiro atoms. The van der Waals surface area contributed by atoms with Gasteiger partial charge in [-0.25, -0.2) is 9.98 Å². The third-order valence-electron chi connectivity index (χ3n) is 2.48. The fraction of sp³-hybridized carbons (Fsp3) is 0.600. The molecule has 0 bridgehead atoms. The second-order valence-electron chi connectivity index (χ2n) is 4.10. The Kier molecular flexibility index (Phi) is 8.30. The van der Waals surface area contributed by atoms with Gasteiger partial charge in [-0.3, -0.25) is 14.1 Å². The Hall–Kier alpha value is -0.344. The van der Waals surface area contributed by atoms with Crippen molar-refractivity contribution in [2.45, 2.75) is 11.7 Å². The van der Waals surface area contributed by atoms with E-state index in [4.69, 9.17) is 14.0 Å². The molecular formula is C10H14MgN2O7S3. The Morgan fingerprint density at radius 1 is 1.13 bits per heavy atom. The maximum atomic E-state index is 11.8. The number of carbonyl (C=O) groups excluding carboxylic acids is 2. The predicted molar refractivity (Wildman–Crippen MR) is 90.2 cm³/mol. The molecule has 23 heavy (non-hydrogen) atoms. The second kappa shape index (κ2) is 9.22. The highest BCUT2D eigenvalue weighted by atomic mass is 32.2. The van der Waals surface area contributed by atoms with E-state index in [-0.39, 0.29) is 33.5 Å². The van der Waals surface area contributed by atoms with E-state index in [0.717, 1.165) is 11.8 Å². The number of ether oxygens (including phenoxy) is 2. The molecule has 13 heteroatoms. The molecule has 2 aliphatic heterocycles. The lowest BCUT2D eigenvalue weighted by Gasteiger charge is -2.12. The Balaban J connectivity index is 0.00000264. The van der Waals surface area contributed by atoms with Crippen molar-refractivity contribution in [2.75, 3.05) is 24.6 Å². The van der Waals surface area contributed by atoms with Crippen LogP contribution in [0.5, 0.6) is 0 Å². The zero-order chi connectivity index (χ0) is 16.2. The smallest absolute Gasteiger partial charge is 0.334 e. The van der Waals surface area contributed by atoms with Gasteiger partial charge in [-0.15, -0.1) is 0 Å². The zero-order valence-electron chi connectivity index (χ0n) is 11.1. The average Bonchev–Trinajstić information content (AvgIpc) is 3.08. The summed E-state index contributed by atoms with van der Waals surface area (Å²) in [6.45, 7) is 0.941. The van der Waals surface area contributed by atoms with E-state index >= 15 is 0 Å². The molecule has 0 aliphatic carbocycles. The number of esters is 2. The largest absolute Gasteiger partial charge is 0.401 e. The molecule has 0 aromatic heterocycles. The van der Waals surface area contributed by atoms with Crippen molar-refractivity contribution < 1.29 is 32.0 Å². The van der Waals surface area contributed by atoms with Crippen LogP contribution in [0.3, 0.4) is 0 Å². The summed E-state index contributed by atoms with van der Waals surface area (Å²) in [5.41, 5.74) is 0. The van der Waals surface area contributed by atoms with Gasteiger partial charge in [-0.05, 0) is 0 Å². The number of aliphatic imine (C=N–C) groups is 2. The van der Waals surface area contributed by atoms with Crippen molar-refractivity contribution in [1.82, 2.24) is 0 Å². The standard InChI is InChI=1S/C10H12N2O7S3.Mg.2H/c13-7(18-9-11-1-3-20-9)5-6(22(15,16)17)8(14)19-10-12-2-4-21-10;;;/h6H,1-5H2,(H,15,16,17);;;. The highest BCUT2D eigenvalue weighted by molar-refractivity contribution is 8.14. The molecule has 1 unspecified atom stereocenters. The second-order valence-corrected chi connectivity index (χ2v) is 7.79. The van der Waals surface area contributed by atoms with Gasteiger partial charge in [0.15, 0.2) is 5.25 Å². The first kappa shape index (κ1) is 20.7. The van der Waals surface area contributed by atoms with Gasteiger partial charge in [0.25, 0.3) is 20.6 Å². The lowest BCUT2D eigenvalue weighted by molar-refractivity contribution is -0.141. The quantitative estimate of drug-likeness (QED) is 0.362. The number of thioether (sulfide) groups is 2. The summed E-state index contributed by atoms with van der Waals surface area (Å²) in [5, 5.41) is -1.93. The molecule has 2 rings (SSSR count). The first-order valence-electron chi connectivity index (χ1n) is 6.09. The molecular weight excluding hydrogens is 381 g/mol. The van der Waals surface area contributed by atoms with E-state index in [2.05, 4.69) is 9.98 Å². The van der Waals surface area contributed by atoms with E-state index in [1.807, 2.05) is 0 Å². The monoisotopic (exact) mass is 394 g/mol. The van der Waals surface area contributed by atoms with Crippen LogP contribution in [0, 0.1) is 0 Å². The van der Waals surface area contributed by atoms with Gasteiger partial charge in [0, 0.05) is 11.5 Å². The summed E-state index contributed by atoms with van der Waals surface area (Å²) in [6.07, 6.45) is -0.866. The molecule has 0 saturated heterocycles. The van der Waals surface area contributed by atoms with Crippen LogP contribution >= 0.6 is 23.5 Å². The molecule has 0 aromatic rings. The Labute approximate surface area is 156 Å². The van der Waals surface area contributed by atoms with Crippen LogP contribution in [0.25, 0.3) is 0 Å². The van der Waals surface area contributed by atoms with Gasteiger partial charge in [-0.1, -0.05) is 23.5 Å². The molecule has 0 amide bonds. The summed E-state index contributed by atoms with van der Waals surface area (Å²) >= 11 is 2.33. The van der Waals surface area contributed by atoms with E-state index in [0.29, 0.717) is 24.6 Å². The van der Waals surface area contributed by atoms with Gasteiger partial charge in [0.05, 0.1) is 19.5 Å². The topological polar surface area (TPSA) is 132 Å². The molecule has 0 saturated carbocycles. The Morgan fingerprint density at radius 3 is 2.09 bits per heavy atom. The van der Waals surface area contributed by atoms with Crippen LogP contribution in [-0.4, -0.2) is 88.3 Å². The number of rotatable bonds is 4. The summed E-state index contributed by atoms with van der Waals surface area (Å²) in [4.78, 5) is 31.2. The van der Waals surface area contributed by atoms with Crippen molar-refractivity contribution in [3.63, 3.8) is 0 Å². The fourth-order valence-corrected chi connectivity index (χ4v) is 3.52. The highest BCUT2D eigenvalue weighted by Crippen LogP contribution is 2.18. The van der Waals surface area contributed by atoms with Crippen molar-refractivity contribution >= 4 is 79.1 Å². The Morgan fingerprint density at radius 2 is 1.65 bits per heavy atom. The van der Waals surface area contributed by atoms with Crippen molar-refractivity contribution in [2.24, 2.45) is 9.98 Å². The van der Waals surface area contributed by atoms with Gasteiger partial charge >= 0.3 is 35.0 Å². The van der Waals surface area contributed by atoms with Crippen LogP contribution in [0.1, 0.15) is 6.42 Å². The fourth-order valence-electron chi connectivity index (χ4n) is 1.51. The van der Waals surface area contributed by atoms with E-state index < -0.39 is 33.7 Å². The molecule has 0 aromatic carbocycles. The first-order valence-corrected chi connectivity index (χ1v) is 9.57.